The van der Waals surface area contributed by atoms with Crippen LogP contribution in [0.1, 0.15) is 25.7 Å². The van der Waals surface area contributed by atoms with Gasteiger partial charge in [-0.2, -0.15) is 0 Å². The van der Waals surface area contributed by atoms with E-state index in [1.54, 1.807) is 7.05 Å². The molecule has 0 aromatic heterocycles. The molecular weight excluding hydrogens is 272 g/mol. The van der Waals surface area contributed by atoms with Crippen LogP contribution in [0.5, 0.6) is 0 Å². The SMILES string of the molecule is CN(CCNC(=O)C(N)CCCN)C(=O)C(N)CCCN. The average Bonchev–Trinajstić information content (AvgIpc) is 2.48. The smallest absolute Gasteiger partial charge is 0.239 e. The Morgan fingerprint density at radius 1 is 1.05 bits per heavy atom. The summed E-state index contributed by atoms with van der Waals surface area (Å²) < 4.78 is 0. The average molecular weight is 302 g/mol. The molecule has 0 spiro atoms. The maximum Gasteiger partial charge on any atom is 0.239 e. The number of likely N-dealkylation sites (N-methyl/N-ethyl adjacent to an activating group) is 1. The first-order valence-electron chi connectivity index (χ1n) is 7.38. The lowest BCUT2D eigenvalue weighted by Crippen LogP contribution is -2.47. The zero-order valence-electron chi connectivity index (χ0n) is 12.9. The van der Waals surface area contributed by atoms with Crippen molar-refractivity contribution >= 4 is 11.8 Å². The van der Waals surface area contributed by atoms with E-state index in [-0.39, 0.29) is 11.8 Å². The van der Waals surface area contributed by atoms with Gasteiger partial charge in [-0.15, -0.1) is 0 Å². The van der Waals surface area contributed by atoms with Crippen LogP contribution in [0.4, 0.5) is 0 Å². The van der Waals surface area contributed by atoms with Gasteiger partial charge >= 0.3 is 0 Å². The number of hydrogen-bond acceptors (Lipinski definition) is 6. The molecular formula is C13H30N6O2. The maximum atomic E-state index is 11.9. The van der Waals surface area contributed by atoms with Crippen LogP contribution in [0.15, 0.2) is 0 Å². The van der Waals surface area contributed by atoms with Gasteiger partial charge in [0.25, 0.3) is 0 Å². The third kappa shape index (κ3) is 8.61. The second-order valence-electron chi connectivity index (χ2n) is 5.13. The van der Waals surface area contributed by atoms with E-state index in [1.807, 2.05) is 0 Å². The Hall–Kier alpha value is -1.22. The normalized spacial score (nSPS) is 13.6. The van der Waals surface area contributed by atoms with Gasteiger partial charge in [0.15, 0.2) is 0 Å². The third-order valence-electron chi connectivity index (χ3n) is 3.22. The number of hydrogen-bond donors (Lipinski definition) is 5. The molecule has 0 saturated heterocycles. The van der Waals surface area contributed by atoms with E-state index in [9.17, 15) is 9.59 Å². The first-order valence-corrected chi connectivity index (χ1v) is 7.38. The van der Waals surface area contributed by atoms with Gasteiger partial charge in [-0.1, -0.05) is 0 Å². The summed E-state index contributed by atoms with van der Waals surface area (Å²) >= 11 is 0. The van der Waals surface area contributed by atoms with Crippen LogP contribution in [0.2, 0.25) is 0 Å². The van der Waals surface area contributed by atoms with Crippen molar-refractivity contribution in [2.45, 2.75) is 37.8 Å². The fourth-order valence-electron chi connectivity index (χ4n) is 1.80. The molecule has 0 aliphatic carbocycles. The highest BCUT2D eigenvalue weighted by atomic mass is 16.2. The van der Waals surface area contributed by atoms with Crippen LogP contribution < -0.4 is 28.3 Å². The summed E-state index contributed by atoms with van der Waals surface area (Å²) in [6.45, 7) is 1.77. The predicted molar refractivity (Wildman–Crippen MR) is 83.2 cm³/mol. The summed E-state index contributed by atoms with van der Waals surface area (Å²) in [4.78, 5) is 25.1. The minimum atomic E-state index is -0.554. The van der Waals surface area contributed by atoms with Crippen molar-refractivity contribution in [3.63, 3.8) is 0 Å². The summed E-state index contributed by atoms with van der Waals surface area (Å²) in [5, 5.41) is 2.70. The Kier molecular flexibility index (Phi) is 10.8. The third-order valence-corrected chi connectivity index (χ3v) is 3.22. The minimum absolute atomic E-state index is 0.148. The van der Waals surface area contributed by atoms with Gasteiger partial charge in [-0.3, -0.25) is 9.59 Å². The molecule has 8 heteroatoms. The monoisotopic (exact) mass is 302 g/mol. The standard InChI is InChI=1S/C13H30N6O2/c1-19(13(21)11(17)5-3-7-15)9-8-18-12(20)10(16)4-2-6-14/h10-11H,2-9,14-17H2,1H3,(H,18,20). The Balaban J connectivity index is 3.94. The molecule has 0 fully saturated rings. The van der Waals surface area contributed by atoms with Crippen molar-refractivity contribution in [3.8, 4) is 0 Å². The van der Waals surface area contributed by atoms with Gasteiger partial charge in [0.05, 0.1) is 12.1 Å². The number of carbonyl (C=O) groups is 2. The van der Waals surface area contributed by atoms with Gasteiger partial charge in [-0.25, -0.2) is 0 Å². The molecule has 2 amide bonds. The van der Waals surface area contributed by atoms with Crippen molar-refractivity contribution in [3.05, 3.63) is 0 Å². The van der Waals surface area contributed by atoms with Crippen molar-refractivity contribution in [2.75, 3.05) is 33.2 Å². The van der Waals surface area contributed by atoms with E-state index < -0.39 is 12.1 Å². The quantitative estimate of drug-likeness (QED) is 0.289. The Bertz CT molecular complexity index is 313. The predicted octanol–water partition coefficient (Wildman–Crippen LogP) is -2.31. The minimum Gasteiger partial charge on any atom is -0.353 e. The topological polar surface area (TPSA) is 153 Å². The van der Waals surface area contributed by atoms with E-state index in [4.69, 9.17) is 22.9 Å². The molecule has 0 rings (SSSR count). The molecule has 9 N–H and O–H groups in total. The van der Waals surface area contributed by atoms with Crippen LogP contribution in [-0.4, -0.2) is 62.0 Å². The number of carbonyl (C=O) groups excluding carboxylic acids is 2. The van der Waals surface area contributed by atoms with Crippen LogP contribution in [-0.2, 0) is 9.59 Å². The number of nitrogens with one attached hydrogen (secondary N) is 1. The van der Waals surface area contributed by atoms with Crippen LogP contribution in [0.25, 0.3) is 0 Å². The van der Waals surface area contributed by atoms with E-state index in [1.165, 1.54) is 4.90 Å². The summed E-state index contributed by atoms with van der Waals surface area (Å²) in [5.41, 5.74) is 22.2. The zero-order valence-corrected chi connectivity index (χ0v) is 12.9. The first kappa shape index (κ1) is 19.8. The second kappa shape index (κ2) is 11.4. The van der Waals surface area contributed by atoms with Crippen molar-refractivity contribution in [1.29, 1.82) is 0 Å². The molecule has 124 valence electrons. The van der Waals surface area contributed by atoms with Gasteiger partial charge in [0.2, 0.25) is 11.8 Å². The molecule has 0 aliphatic rings. The Labute approximate surface area is 126 Å². The van der Waals surface area contributed by atoms with Crippen molar-refractivity contribution in [1.82, 2.24) is 10.2 Å². The Morgan fingerprint density at radius 3 is 2.10 bits per heavy atom. The lowest BCUT2D eigenvalue weighted by atomic mass is 10.1. The molecule has 0 bridgehead atoms. The molecule has 0 saturated carbocycles. The number of nitrogens with zero attached hydrogens (tertiary/aromatic N) is 1. The maximum absolute atomic E-state index is 11.9. The first-order chi connectivity index (χ1) is 9.93. The second-order valence-corrected chi connectivity index (χ2v) is 5.13. The molecule has 2 unspecified atom stereocenters. The fraction of sp³-hybridized carbons (Fsp3) is 0.846. The highest BCUT2D eigenvalue weighted by Gasteiger charge is 2.18. The van der Waals surface area contributed by atoms with E-state index >= 15 is 0 Å². The van der Waals surface area contributed by atoms with Crippen LogP contribution >= 0.6 is 0 Å². The number of rotatable bonds is 11. The summed E-state index contributed by atoms with van der Waals surface area (Å²) in [5.74, 6) is -0.373. The lowest BCUT2D eigenvalue weighted by Gasteiger charge is -2.21. The van der Waals surface area contributed by atoms with Gasteiger partial charge in [-0.05, 0) is 38.8 Å². The van der Waals surface area contributed by atoms with Crippen LogP contribution in [0, 0.1) is 0 Å². The van der Waals surface area contributed by atoms with Crippen molar-refractivity contribution < 1.29 is 9.59 Å². The molecule has 8 nitrogen and oxygen atoms in total. The summed E-state index contributed by atoms with van der Waals surface area (Å²) in [6, 6.07) is -1.09. The Morgan fingerprint density at radius 2 is 1.57 bits per heavy atom. The van der Waals surface area contributed by atoms with Gasteiger partial charge < -0.3 is 33.2 Å². The van der Waals surface area contributed by atoms with E-state index in [0.717, 1.165) is 0 Å². The van der Waals surface area contributed by atoms with Gasteiger partial charge in [0.1, 0.15) is 0 Å². The van der Waals surface area contributed by atoms with Gasteiger partial charge in [0, 0.05) is 20.1 Å². The fourth-order valence-corrected chi connectivity index (χ4v) is 1.80. The number of nitrogens with two attached hydrogens (primary N) is 4. The lowest BCUT2D eigenvalue weighted by molar-refractivity contribution is -0.132. The molecule has 0 aromatic carbocycles. The molecule has 21 heavy (non-hydrogen) atoms. The van der Waals surface area contributed by atoms with Crippen molar-refractivity contribution in [2.24, 2.45) is 22.9 Å². The zero-order chi connectivity index (χ0) is 16.3. The summed E-state index contributed by atoms with van der Waals surface area (Å²) in [7, 11) is 1.66. The highest BCUT2D eigenvalue weighted by molar-refractivity contribution is 5.82. The number of amides is 2. The molecule has 0 heterocycles. The molecule has 0 aromatic rings. The molecule has 0 aliphatic heterocycles. The van der Waals surface area contributed by atoms with E-state index in [0.29, 0.717) is 51.9 Å². The highest BCUT2D eigenvalue weighted by Crippen LogP contribution is 1.98. The van der Waals surface area contributed by atoms with Crippen LogP contribution in [0.3, 0.4) is 0 Å². The largest absolute Gasteiger partial charge is 0.353 e. The van der Waals surface area contributed by atoms with E-state index in [2.05, 4.69) is 5.32 Å². The molecule has 0 radical (unpaired) electrons. The summed E-state index contributed by atoms with van der Waals surface area (Å²) in [6.07, 6.45) is 2.55. The molecule has 2 atom stereocenters.